The van der Waals surface area contributed by atoms with E-state index in [4.69, 9.17) is 5.14 Å². The van der Waals surface area contributed by atoms with Crippen molar-refractivity contribution in [3.8, 4) is 0 Å². The van der Waals surface area contributed by atoms with Gasteiger partial charge in [-0.05, 0) is 55.4 Å². The maximum absolute atomic E-state index is 14.3. The van der Waals surface area contributed by atoms with E-state index in [1.807, 2.05) is 20.8 Å². The minimum atomic E-state index is -3.60. The molecule has 31 heavy (non-hydrogen) atoms. The number of nitrogens with zero attached hydrogens (tertiary/aromatic N) is 2. The van der Waals surface area contributed by atoms with E-state index in [1.54, 1.807) is 6.20 Å². The summed E-state index contributed by atoms with van der Waals surface area (Å²) in [5.41, 5.74) is 2.53. The fourth-order valence-corrected chi connectivity index (χ4v) is 5.95. The quantitative estimate of drug-likeness (QED) is 0.590. The first kappa shape index (κ1) is 25.6. The van der Waals surface area contributed by atoms with Gasteiger partial charge in [0.05, 0.1) is 5.60 Å². The minimum absolute atomic E-state index is 0.116. The van der Waals surface area contributed by atoms with Gasteiger partial charge in [0, 0.05) is 23.2 Å². The van der Waals surface area contributed by atoms with Gasteiger partial charge in [-0.3, -0.25) is 9.78 Å². The third-order valence-corrected chi connectivity index (χ3v) is 8.41. The largest absolute Gasteiger partial charge is 0.385 e. The van der Waals surface area contributed by atoms with Crippen LogP contribution in [0.25, 0.3) is 0 Å². The van der Waals surface area contributed by atoms with Gasteiger partial charge in [-0.15, -0.1) is 11.3 Å². The molecular formula is C22H32FN3O3S2. The van der Waals surface area contributed by atoms with E-state index in [1.165, 1.54) is 13.8 Å². The number of carbonyl (C=O) groups excluding carboxylic acids is 1. The van der Waals surface area contributed by atoms with Gasteiger partial charge >= 0.3 is 0 Å². The normalized spacial score (nSPS) is 14.2. The molecule has 2 aromatic heterocycles. The number of Topliss-reactive ketones (excluding diaryl/α,β-unsaturated/α-hetero) is 1. The molecule has 0 fully saturated rings. The van der Waals surface area contributed by atoms with Crippen LogP contribution in [0.5, 0.6) is 0 Å². The minimum Gasteiger partial charge on any atom is -0.385 e. The first-order chi connectivity index (χ1) is 14.1. The van der Waals surface area contributed by atoms with Crippen LogP contribution >= 0.6 is 11.3 Å². The molecule has 2 aromatic rings. The molecule has 0 saturated heterocycles. The molecule has 2 heterocycles. The molecule has 0 spiro atoms. The van der Waals surface area contributed by atoms with Gasteiger partial charge in [0.2, 0.25) is 0 Å². The molecule has 0 saturated carbocycles. The molecule has 0 radical (unpaired) electrons. The highest BCUT2D eigenvalue weighted by Crippen LogP contribution is 2.33. The van der Waals surface area contributed by atoms with Crippen molar-refractivity contribution in [2.75, 3.05) is 6.54 Å². The van der Waals surface area contributed by atoms with Crippen molar-refractivity contribution in [1.29, 1.82) is 0 Å². The lowest BCUT2D eigenvalue weighted by Gasteiger charge is -2.20. The Morgan fingerprint density at radius 1 is 1.32 bits per heavy atom. The van der Waals surface area contributed by atoms with Gasteiger partial charge < -0.3 is 5.11 Å². The topological polar surface area (TPSA) is 106 Å². The molecule has 0 aliphatic rings. The number of carbonyl (C=O) groups is 1. The second-order valence-electron chi connectivity index (χ2n) is 8.88. The lowest BCUT2D eigenvalue weighted by molar-refractivity contribution is -0.117. The van der Waals surface area contributed by atoms with E-state index in [9.17, 15) is 18.5 Å². The molecule has 0 aliphatic carbocycles. The third-order valence-electron chi connectivity index (χ3n) is 4.99. The van der Waals surface area contributed by atoms with Crippen LogP contribution in [-0.2, 0) is 26.7 Å². The highest BCUT2D eigenvalue weighted by molar-refractivity contribution is 7.93. The standard InChI is InChI=1S/C22H32FN3O3S2/c1-12(2)17-11-25-14(5)20(13(3)4)16(17)8-15(27)10-26-31(24,29)21-18(23)9-19(30-21)22(6,7)28/h9,11-13,28H,8,10H2,1-7H3,(H2,24,26,29). The number of aryl methyl sites for hydroxylation is 1. The van der Waals surface area contributed by atoms with Crippen LogP contribution in [0, 0.1) is 12.7 Å². The predicted octanol–water partition coefficient (Wildman–Crippen LogP) is 4.58. The Morgan fingerprint density at radius 3 is 2.42 bits per heavy atom. The summed E-state index contributed by atoms with van der Waals surface area (Å²) in [6.45, 7) is 12.7. The zero-order valence-electron chi connectivity index (χ0n) is 19.2. The Hall–Kier alpha value is -1.68. The molecule has 2 rings (SSSR count). The zero-order chi connectivity index (χ0) is 23.7. The molecule has 6 nitrogen and oxygen atoms in total. The van der Waals surface area contributed by atoms with Crippen LogP contribution < -0.4 is 5.14 Å². The lowest BCUT2D eigenvalue weighted by Crippen LogP contribution is -2.18. The Balaban J connectivity index is 2.36. The fourth-order valence-electron chi connectivity index (χ4n) is 3.48. The number of thiophene rings is 1. The van der Waals surface area contributed by atoms with Crippen LogP contribution in [0.3, 0.4) is 0 Å². The molecule has 0 aromatic carbocycles. The van der Waals surface area contributed by atoms with Crippen molar-refractivity contribution in [3.63, 3.8) is 0 Å². The Morgan fingerprint density at radius 2 is 1.94 bits per heavy atom. The van der Waals surface area contributed by atoms with Gasteiger partial charge in [0.15, 0.2) is 15.8 Å². The number of nitrogens with two attached hydrogens (primary N) is 1. The molecule has 1 unspecified atom stereocenters. The molecule has 0 aliphatic heterocycles. The van der Waals surface area contributed by atoms with Crippen molar-refractivity contribution in [1.82, 2.24) is 4.98 Å². The van der Waals surface area contributed by atoms with E-state index in [0.717, 1.165) is 39.8 Å². The molecule has 172 valence electrons. The SMILES string of the molecule is Cc1ncc(C(C)C)c(CC(=O)CN=S(N)(=O)c2sc(C(C)(C)O)cc2F)c1C(C)C. The number of aromatic nitrogens is 1. The van der Waals surface area contributed by atoms with Crippen LogP contribution in [-0.4, -0.2) is 26.6 Å². The number of pyridine rings is 1. The smallest absolute Gasteiger partial charge is 0.159 e. The van der Waals surface area contributed by atoms with E-state index in [-0.39, 0.29) is 39.7 Å². The average molecular weight is 470 g/mol. The number of aliphatic hydroxyl groups is 1. The van der Waals surface area contributed by atoms with Gasteiger partial charge in [0.25, 0.3) is 0 Å². The number of ketones is 1. The Bertz CT molecular complexity index is 1090. The zero-order valence-corrected chi connectivity index (χ0v) is 20.8. The van der Waals surface area contributed by atoms with Crippen LogP contribution in [0.15, 0.2) is 20.8 Å². The summed E-state index contributed by atoms with van der Waals surface area (Å²) in [4.78, 5) is 17.5. The molecule has 3 N–H and O–H groups in total. The summed E-state index contributed by atoms with van der Waals surface area (Å²) in [5, 5.41) is 15.9. The first-order valence-corrected chi connectivity index (χ1v) is 12.6. The monoisotopic (exact) mass is 469 g/mol. The van der Waals surface area contributed by atoms with Crippen molar-refractivity contribution >= 4 is 27.0 Å². The summed E-state index contributed by atoms with van der Waals surface area (Å²) in [5.74, 6) is -0.679. The van der Waals surface area contributed by atoms with Gasteiger partial charge in [-0.2, -0.15) is 0 Å². The van der Waals surface area contributed by atoms with Crippen molar-refractivity contribution in [2.45, 2.75) is 76.5 Å². The number of hydrogen-bond acceptors (Lipinski definition) is 6. The molecule has 0 amide bonds. The summed E-state index contributed by atoms with van der Waals surface area (Å²) < 4.78 is 30.8. The lowest BCUT2D eigenvalue weighted by atomic mass is 9.86. The van der Waals surface area contributed by atoms with Gasteiger partial charge in [-0.1, -0.05) is 27.7 Å². The maximum Gasteiger partial charge on any atom is 0.159 e. The second kappa shape index (κ2) is 9.44. The van der Waals surface area contributed by atoms with E-state index in [2.05, 4.69) is 23.2 Å². The number of rotatable bonds is 8. The summed E-state index contributed by atoms with van der Waals surface area (Å²) in [7, 11) is -3.60. The maximum atomic E-state index is 14.3. The van der Waals surface area contributed by atoms with E-state index < -0.39 is 21.3 Å². The Labute approximate surface area is 188 Å². The highest BCUT2D eigenvalue weighted by atomic mass is 32.2. The fraction of sp³-hybridized carbons (Fsp3) is 0.545. The second-order valence-corrected chi connectivity index (χ2v) is 12.0. The Kier molecular flexibility index (Phi) is 7.79. The van der Waals surface area contributed by atoms with Crippen LogP contribution in [0.1, 0.15) is 80.6 Å². The molecule has 9 heteroatoms. The molecule has 0 bridgehead atoms. The molecule has 1 atom stereocenters. The van der Waals surface area contributed by atoms with E-state index >= 15 is 0 Å². The van der Waals surface area contributed by atoms with E-state index in [0.29, 0.717) is 0 Å². The number of hydrogen-bond donors (Lipinski definition) is 2. The van der Waals surface area contributed by atoms with Crippen molar-refractivity contribution in [2.24, 2.45) is 9.50 Å². The summed E-state index contributed by atoms with van der Waals surface area (Å²) in [6, 6.07) is 1.10. The van der Waals surface area contributed by atoms with Crippen molar-refractivity contribution in [3.05, 3.63) is 45.3 Å². The summed E-state index contributed by atoms with van der Waals surface area (Å²) in [6.07, 6.45) is 1.92. The third kappa shape index (κ3) is 5.97. The molecular weight excluding hydrogens is 437 g/mol. The van der Waals surface area contributed by atoms with Crippen molar-refractivity contribution < 1.29 is 18.5 Å². The van der Waals surface area contributed by atoms with Gasteiger partial charge in [-0.25, -0.2) is 18.1 Å². The number of halogens is 1. The summed E-state index contributed by atoms with van der Waals surface area (Å²) >= 11 is 0.805. The van der Waals surface area contributed by atoms with Crippen LogP contribution in [0.2, 0.25) is 0 Å². The van der Waals surface area contributed by atoms with Gasteiger partial charge in [0.1, 0.15) is 16.5 Å². The first-order valence-electron chi connectivity index (χ1n) is 10.2. The highest BCUT2D eigenvalue weighted by Gasteiger charge is 2.26. The average Bonchev–Trinajstić information content (AvgIpc) is 3.02. The van der Waals surface area contributed by atoms with Crippen LogP contribution in [0.4, 0.5) is 4.39 Å². The predicted molar refractivity (Wildman–Crippen MR) is 123 cm³/mol.